The number of nitrogens with one attached hydrogen (secondary N) is 1. The van der Waals surface area contributed by atoms with Crippen LogP contribution in [0.3, 0.4) is 0 Å². The van der Waals surface area contributed by atoms with E-state index in [0.29, 0.717) is 0 Å². The maximum atomic E-state index is 12.6. The first kappa shape index (κ1) is 19.7. The zero-order valence-electron chi connectivity index (χ0n) is 17.1. The molecular weight excluding hydrogens is 352 g/mol. The Labute approximate surface area is 165 Å². The Morgan fingerprint density at radius 3 is 2.50 bits per heavy atom. The molecule has 3 rings (SSSR count). The van der Waals surface area contributed by atoms with E-state index in [9.17, 15) is 9.59 Å². The van der Waals surface area contributed by atoms with Crippen LogP contribution in [0.15, 0.2) is 41.0 Å². The second-order valence-corrected chi connectivity index (χ2v) is 7.44. The van der Waals surface area contributed by atoms with Crippen molar-refractivity contribution in [2.24, 2.45) is 0 Å². The molecule has 0 atom stereocenters. The number of nitrogens with zero attached hydrogens (tertiary/aromatic N) is 1. The Morgan fingerprint density at radius 2 is 1.75 bits per heavy atom. The van der Waals surface area contributed by atoms with Crippen molar-refractivity contribution in [2.75, 3.05) is 18.9 Å². The van der Waals surface area contributed by atoms with E-state index in [2.05, 4.69) is 5.32 Å². The number of hydrogen-bond donors (Lipinski definition) is 1. The molecule has 0 bridgehead atoms. The normalized spacial score (nSPS) is 10.9. The molecule has 0 fully saturated rings. The summed E-state index contributed by atoms with van der Waals surface area (Å²) in [5.41, 5.74) is 6.73. The Morgan fingerprint density at radius 1 is 1.04 bits per heavy atom. The number of rotatable bonds is 5. The summed E-state index contributed by atoms with van der Waals surface area (Å²) in [5, 5.41) is 3.84. The third-order valence-electron chi connectivity index (χ3n) is 5.16. The van der Waals surface area contributed by atoms with Crippen molar-refractivity contribution in [2.45, 2.75) is 34.1 Å². The molecule has 0 aliphatic rings. The lowest BCUT2D eigenvalue weighted by molar-refractivity contribution is -0.132. The number of carbonyl (C=O) groups is 2. The first-order chi connectivity index (χ1) is 13.3. The molecule has 0 saturated carbocycles. The molecule has 1 heterocycles. The van der Waals surface area contributed by atoms with E-state index in [-0.39, 0.29) is 24.8 Å². The number of anilines is 1. The van der Waals surface area contributed by atoms with E-state index in [0.717, 1.165) is 44.5 Å². The predicted molar refractivity (Wildman–Crippen MR) is 112 cm³/mol. The highest BCUT2D eigenvalue weighted by Gasteiger charge is 2.17. The first-order valence-electron chi connectivity index (χ1n) is 9.33. The topological polar surface area (TPSA) is 62.6 Å². The summed E-state index contributed by atoms with van der Waals surface area (Å²) in [7, 11) is 1.64. The van der Waals surface area contributed by atoms with Crippen molar-refractivity contribution in [1.82, 2.24) is 4.90 Å². The van der Waals surface area contributed by atoms with Gasteiger partial charge in [0.1, 0.15) is 5.58 Å². The maximum Gasteiger partial charge on any atom is 0.243 e. The van der Waals surface area contributed by atoms with Gasteiger partial charge in [-0.3, -0.25) is 9.59 Å². The first-order valence-corrected chi connectivity index (χ1v) is 9.33. The number of amides is 2. The van der Waals surface area contributed by atoms with Crippen molar-refractivity contribution < 1.29 is 14.0 Å². The van der Waals surface area contributed by atoms with Crippen LogP contribution in [0.5, 0.6) is 0 Å². The Bertz CT molecular complexity index is 1050. The van der Waals surface area contributed by atoms with Gasteiger partial charge in [-0.2, -0.15) is 0 Å². The molecule has 5 heteroatoms. The molecule has 0 radical (unpaired) electrons. The van der Waals surface area contributed by atoms with E-state index >= 15 is 0 Å². The van der Waals surface area contributed by atoms with E-state index in [1.165, 1.54) is 4.90 Å². The molecule has 0 unspecified atom stereocenters. The van der Waals surface area contributed by atoms with Crippen molar-refractivity contribution in [3.63, 3.8) is 0 Å². The van der Waals surface area contributed by atoms with Gasteiger partial charge in [-0.1, -0.05) is 24.3 Å². The summed E-state index contributed by atoms with van der Waals surface area (Å²) < 4.78 is 5.68. The number of hydrogen-bond acceptors (Lipinski definition) is 3. The number of furan rings is 1. The minimum atomic E-state index is -0.215. The predicted octanol–water partition coefficient (Wildman–Crippen LogP) is 4.31. The lowest BCUT2D eigenvalue weighted by Crippen LogP contribution is -2.35. The van der Waals surface area contributed by atoms with Gasteiger partial charge in [0.2, 0.25) is 11.8 Å². The molecule has 2 amide bonds. The van der Waals surface area contributed by atoms with E-state index < -0.39 is 0 Å². The average molecular weight is 378 g/mol. The Hall–Kier alpha value is -3.08. The molecule has 28 heavy (non-hydrogen) atoms. The summed E-state index contributed by atoms with van der Waals surface area (Å²) >= 11 is 0. The average Bonchev–Trinajstić information content (AvgIpc) is 3.04. The van der Waals surface area contributed by atoms with Gasteiger partial charge < -0.3 is 14.6 Å². The highest BCUT2D eigenvalue weighted by molar-refractivity contribution is 5.96. The van der Waals surface area contributed by atoms with E-state index in [4.69, 9.17) is 4.42 Å². The van der Waals surface area contributed by atoms with Crippen LogP contribution in [0.1, 0.15) is 27.8 Å². The van der Waals surface area contributed by atoms with Gasteiger partial charge >= 0.3 is 0 Å². The van der Waals surface area contributed by atoms with Crippen LogP contribution in [-0.2, 0) is 16.0 Å². The third kappa shape index (κ3) is 4.09. The van der Waals surface area contributed by atoms with Crippen LogP contribution in [0, 0.1) is 27.7 Å². The number of likely N-dealkylation sites (N-methyl/N-ethyl adjacent to an activating group) is 1. The van der Waals surface area contributed by atoms with Gasteiger partial charge in [-0.25, -0.2) is 0 Å². The van der Waals surface area contributed by atoms with Crippen LogP contribution < -0.4 is 5.32 Å². The smallest absolute Gasteiger partial charge is 0.243 e. The van der Waals surface area contributed by atoms with Crippen LogP contribution >= 0.6 is 0 Å². The molecule has 3 aromatic rings. The molecule has 2 aromatic carbocycles. The standard InChI is InChI=1S/C23H26N2O3/c1-14-6-7-16(3)20(10-14)24-21(26)12-25(5)22(27)11-18-13-28-23-17(4)15(2)8-9-19(18)23/h6-10,13H,11-12H2,1-5H3,(H,24,26). The number of benzene rings is 2. The molecule has 0 spiro atoms. The second kappa shape index (κ2) is 7.89. The second-order valence-electron chi connectivity index (χ2n) is 7.44. The molecule has 0 saturated heterocycles. The maximum absolute atomic E-state index is 12.6. The SMILES string of the molecule is Cc1ccc(C)c(NC(=O)CN(C)C(=O)Cc2coc3c(C)c(C)ccc23)c1. The van der Waals surface area contributed by atoms with Gasteiger partial charge in [0.15, 0.2) is 0 Å². The number of fused-ring (bicyclic) bond motifs is 1. The zero-order valence-corrected chi connectivity index (χ0v) is 17.1. The van der Waals surface area contributed by atoms with Gasteiger partial charge in [-0.05, 0) is 56.0 Å². The molecule has 146 valence electrons. The van der Waals surface area contributed by atoms with Crippen LogP contribution in [0.25, 0.3) is 11.0 Å². The van der Waals surface area contributed by atoms with Gasteiger partial charge in [0.05, 0.1) is 19.2 Å². The van der Waals surface area contributed by atoms with Crippen LogP contribution in [-0.4, -0.2) is 30.3 Å². The van der Waals surface area contributed by atoms with Crippen molar-refractivity contribution in [3.05, 3.63) is 64.4 Å². The van der Waals surface area contributed by atoms with Crippen LogP contribution in [0.4, 0.5) is 5.69 Å². The highest BCUT2D eigenvalue weighted by Crippen LogP contribution is 2.27. The summed E-state index contributed by atoms with van der Waals surface area (Å²) in [4.78, 5) is 26.4. The summed E-state index contributed by atoms with van der Waals surface area (Å²) in [6, 6.07) is 9.91. The van der Waals surface area contributed by atoms with E-state index in [1.54, 1.807) is 13.3 Å². The summed E-state index contributed by atoms with van der Waals surface area (Å²) in [5.74, 6) is -0.342. The Kier molecular flexibility index (Phi) is 5.54. The molecule has 0 aliphatic carbocycles. The Balaban J connectivity index is 1.65. The van der Waals surface area contributed by atoms with Crippen molar-refractivity contribution in [1.29, 1.82) is 0 Å². The molecule has 0 aliphatic heterocycles. The minimum absolute atomic E-state index is 0.000134. The van der Waals surface area contributed by atoms with Crippen molar-refractivity contribution >= 4 is 28.5 Å². The summed E-state index contributed by atoms with van der Waals surface area (Å²) in [6.07, 6.45) is 1.84. The monoisotopic (exact) mass is 378 g/mol. The quantitative estimate of drug-likeness (QED) is 0.720. The van der Waals surface area contributed by atoms with Gasteiger partial charge in [0, 0.05) is 23.7 Å². The van der Waals surface area contributed by atoms with E-state index in [1.807, 2.05) is 58.0 Å². The molecule has 1 aromatic heterocycles. The lowest BCUT2D eigenvalue weighted by Gasteiger charge is -2.17. The van der Waals surface area contributed by atoms with Gasteiger partial charge in [-0.15, -0.1) is 0 Å². The number of aryl methyl sites for hydroxylation is 4. The molecule has 5 nitrogen and oxygen atoms in total. The zero-order chi connectivity index (χ0) is 20.4. The summed E-state index contributed by atoms with van der Waals surface area (Å²) in [6.45, 7) is 7.96. The van der Waals surface area contributed by atoms with Gasteiger partial charge in [0.25, 0.3) is 0 Å². The minimum Gasteiger partial charge on any atom is -0.464 e. The fraction of sp³-hybridized carbons (Fsp3) is 0.304. The molecular formula is C23H26N2O3. The number of carbonyl (C=O) groups excluding carboxylic acids is 2. The molecule has 1 N–H and O–H groups in total. The van der Waals surface area contributed by atoms with Crippen LogP contribution in [0.2, 0.25) is 0 Å². The van der Waals surface area contributed by atoms with Crippen molar-refractivity contribution in [3.8, 4) is 0 Å². The lowest BCUT2D eigenvalue weighted by atomic mass is 10.0. The fourth-order valence-electron chi connectivity index (χ4n) is 3.19. The third-order valence-corrected chi connectivity index (χ3v) is 5.16. The highest BCUT2D eigenvalue weighted by atomic mass is 16.3. The fourth-order valence-corrected chi connectivity index (χ4v) is 3.19. The largest absolute Gasteiger partial charge is 0.464 e.